The lowest BCUT2D eigenvalue weighted by Gasteiger charge is -2.07. The molecular weight excluding hydrogens is 491 g/mol. The highest BCUT2D eigenvalue weighted by atomic mass is 19.1. The molecule has 0 saturated carbocycles. The lowest BCUT2D eigenvalue weighted by Crippen LogP contribution is -2.11. The van der Waals surface area contributed by atoms with Crippen molar-refractivity contribution < 1.29 is 9.18 Å². The summed E-state index contributed by atoms with van der Waals surface area (Å²) < 4.78 is 14.2. The quantitative estimate of drug-likeness (QED) is 0.205. The third-order valence-electron chi connectivity index (χ3n) is 6.79. The van der Waals surface area contributed by atoms with E-state index in [-0.39, 0.29) is 11.7 Å². The molecule has 0 aliphatic carbocycles. The summed E-state index contributed by atoms with van der Waals surface area (Å²) in [5, 5.41) is 12.5. The Labute approximate surface area is 224 Å². The van der Waals surface area contributed by atoms with Crippen LogP contribution in [0.4, 0.5) is 10.1 Å². The summed E-state index contributed by atoms with van der Waals surface area (Å²) in [6.45, 7) is 3.95. The number of amides is 1. The van der Waals surface area contributed by atoms with E-state index >= 15 is 0 Å². The number of halogens is 1. The van der Waals surface area contributed by atoms with E-state index in [1.165, 1.54) is 6.07 Å². The minimum atomic E-state index is -0.254. The van der Waals surface area contributed by atoms with Crippen molar-refractivity contribution in [2.24, 2.45) is 0 Å². The van der Waals surface area contributed by atoms with Gasteiger partial charge in [-0.3, -0.25) is 19.9 Å². The first-order valence-corrected chi connectivity index (χ1v) is 13.0. The molecule has 0 radical (unpaired) electrons. The second-order valence-corrected chi connectivity index (χ2v) is 9.77. The molecule has 3 N–H and O–H groups in total. The number of fused-ring (bicyclic) bond motifs is 2. The Bertz CT molecular complexity index is 1820. The molecule has 1 amide bonds. The van der Waals surface area contributed by atoms with E-state index in [2.05, 4.69) is 43.5 Å². The molecule has 0 bridgehead atoms. The summed E-state index contributed by atoms with van der Waals surface area (Å²) in [7, 11) is 0. The van der Waals surface area contributed by atoms with Crippen molar-refractivity contribution in [3.05, 3.63) is 84.6 Å². The van der Waals surface area contributed by atoms with Crippen LogP contribution in [0, 0.1) is 12.7 Å². The average molecular weight is 519 g/mol. The third-order valence-corrected chi connectivity index (χ3v) is 6.79. The number of anilines is 1. The number of aryl methyl sites for hydroxylation is 1. The monoisotopic (exact) mass is 518 g/mol. The minimum absolute atomic E-state index is 0.0251. The summed E-state index contributed by atoms with van der Waals surface area (Å²) in [4.78, 5) is 24.6. The fourth-order valence-electron chi connectivity index (χ4n) is 4.92. The number of aromatic nitrogens is 5. The normalized spacial score (nSPS) is 11.4. The average Bonchev–Trinajstić information content (AvgIpc) is 3.55. The van der Waals surface area contributed by atoms with E-state index in [0.717, 1.165) is 68.3 Å². The number of H-pyrrole nitrogens is 2. The first kappa shape index (κ1) is 24.5. The molecule has 0 saturated heterocycles. The zero-order valence-corrected chi connectivity index (χ0v) is 21.7. The second-order valence-electron chi connectivity index (χ2n) is 9.77. The van der Waals surface area contributed by atoms with Crippen molar-refractivity contribution in [3.8, 4) is 33.8 Å². The number of aromatic amines is 2. The number of hydrogen-bond donors (Lipinski definition) is 3. The molecule has 0 unspecified atom stereocenters. The van der Waals surface area contributed by atoms with Gasteiger partial charge in [-0.15, -0.1) is 0 Å². The summed E-state index contributed by atoms with van der Waals surface area (Å²) >= 11 is 0. The van der Waals surface area contributed by atoms with Gasteiger partial charge < -0.3 is 10.3 Å². The number of rotatable bonds is 7. The largest absolute Gasteiger partial charge is 0.353 e. The van der Waals surface area contributed by atoms with Crippen LogP contribution in [0.3, 0.4) is 0 Å². The Morgan fingerprint density at radius 1 is 0.974 bits per heavy atom. The smallest absolute Gasteiger partial charge is 0.224 e. The van der Waals surface area contributed by atoms with Crippen LogP contribution in [0.5, 0.6) is 0 Å². The number of carbonyl (C=O) groups is 1. The third kappa shape index (κ3) is 4.88. The van der Waals surface area contributed by atoms with Gasteiger partial charge in [0.15, 0.2) is 0 Å². The maximum atomic E-state index is 14.2. The molecule has 7 nitrogen and oxygen atoms in total. The molecule has 4 heterocycles. The Kier molecular flexibility index (Phi) is 6.36. The van der Waals surface area contributed by atoms with Crippen LogP contribution in [0.15, 0.2) is 73.2 Å². The van der Waals surface area contributed by atoms with Crippen molar-refractivity contribution >= 4 is 33.4 Å². The number of hydrogen-bond acceptors (Lipinski definition) is 4. The first-order valence-electron chi connectivity index (χ1n) is 13.0. The molecule has 6 aromatic rings. The number of nitrogens with zero attached hydrogens (tertiary/aromatic N) is 3. The molecule has 0 atom stereocenters. The van der Waals surface area contributed by atoms with E-state index in [1.54, 1.807) is 24.7 Å². The summed E-state index contributed by atoms with van der Waals surface area (Å²) in [6, 6.07) is 16.9. The van der Waals surface area contributed by atoms with Gasteiger partial charge in [0.2, 0.25) is 5.91 Å². The van der Waals surface area contributed by atoms with Gasteiger partial charge >= 0.3 is 0 Å². The predicted molar refractivity (Wildman–Crippen MR) is 153 cm³/mol. The highest BCUT2D eigenvalue weighted by molar-refractivity contribution is 6.01. The second kappa shape index (κ2) is 10.1. The molecule has 6 rings (SSSR count). The number of pyridine rings is 2. The summed E-state index contributed by atoms with van der Waals surface area (Å²) in [5.41, 5.74) is 8.11. The fraction of sp³-hybridized carbons (Fsp3) is 0.161. The maximum Gasteiger partial charge on any atom is 0.224 e. The fourth-order valence-corrected chi connectivity index (χ4v) is 4.92. The Morgan fingerprint density at radius 3 is 2.72 bits per heavy atom. The SMILES string of the molecule is CCCCC(=O)Nc1cncc(-c2cc3c(-c4cc5c(-c6cc(C)cc(F)c6)cccc5[nH]4)n[nH]c3cn2)c1. The van der Waals surface area contributed by atoms with Gasteiger partial charge in [0, 0.05) is 34.5 Å². The zero-order chi connectivity index (χ0) is 26.9. The molecular formula is C31H27FN6O. The molecule has 39 heavy (non-hydrogen) atoms. The topological polar surface area (TPSA) is 99.4 Å². The van der Waals surface area contributed by atoms with Crippen molar-refractivity contribution in [2.45, 2.75) is 33.1 Å². The molecule has 0 fully saturated rings. The van der Waals surface area contributed by atoms with Crippen LogP contribution < -0.4 is 5.32 Å². The van der Waals surface area contributed by atoms with Crippen LogP contribution >= 0.6 is 0 Å². The van der Waals surface area contributed by atoms with Gasteiger partial charge in [-0.25, -0.2) is 4.39 Å². The number of nitrogens with one attached hydrogen (secondary N) is 3. The van der Waals surface area contributed by atoms with Crippen LogP contribution in [0.1, 0.15) is 31.7 Å². The Hall–Kier alpha value is -4.85. The van der Waals surface area contributed by atoms with Gasteiger partial charge in [0.05, 0.1) is 35.0 Å². The minimum Gasteiger partial charge on any atom is -0.353 e. The van der Waals surface area contributed by atoms with E-state index in [0.29, 0.717) is 17.8 Å². The maximum absolute atomic E-state index is 14.2. The molecule has 0 aliphatic heterocycles. The zero-order valence-electron chi connectivity index (χ0n) is 21.7. The molecule has 0 aliphatic rings. The van der Waals surface area contributed by atoms with E-state index in [4.69, 9.17) is 0 Å². The van der Waals surface area contributed by atoms with E-state index in [1.807, 2.05) is 43.3 Å². The van der Waals surface area contributed by atoms with Crippen LogP contribution in [-0.2, 0) is 4.79 Å². The standard InChI is InChI=1S/C31H27FN6O/c1-3-4-8-30(39)35-22-12-20(15-33-16-22)27-14-25-29(17-34-27)37-38-31(25)28-13-24-23(6-5-7-26(24)36-28)19-9-18(2)10-21(32)11-19/h5-7,9-17,36H,3-4,8H2,1-2H3,(H,35,39)(H,37,38). The summed E-state index contributed by atoms with van der Waals surface area (Å²) in [6.07, 6.45) is 7.40. The molecule has 8 heteroatoms. The summed E-state index contributed by atoms with van der Waals surface area (Å²) in [5.74, 6) is -0.280. The molecule has 2 aromatic carbocycles. The van der Waals surface area contributed by atoms with Crippen LogP contribution in [-0.4, -0.2) is 31.1 Å². The van der Waals surface area contributed by atoms with Gasteiger partial charge in [0.25, 0.3) is 0 Å². The van der Waals surface area contributed by atoms with Crippen molar-refractivity contribution in [1.82, 2.24) is 25.1 Å². The van der Waals surface area contributed by atoms with E-state index < -0.39 is 0 Å². The lowest BCUT2D eigenvalue weighted by molar-refractivity contribution is -0.116. The van der Waals surface area contributed by atoms with Crippen LogP contribution in [0.2, 0.25) is 0 Å². The molecule has 4 aromatic heterocycles. The van der Waals surface area contributed by atoms with Gasteiger partial charge in [0.1, 0.15) is 11.5 Å². The van der Waals surface area contributed by atoms with Gasteiger partial charge in [-0.05, 0) is 66.4 Å². The number of carbonyl (C=O) groups excluding carboxylic acids is 1. The highest BCUT2D eigenvalue weighted by Crippen LogP contribution is 2.35. The first-order chi connectivity index (χ1) is 19.0. The number of benzene rings is 2. The van der Waals surface area contributed by atoms with E-state index in [9.17, 15) is 9.18 Å². The predicted octanol–water partition coefficient (Wildman–Crippen LogP) is 7.41. The number of unbranched alkanes of at least 4 members (excludes halogenated alkanes) is 1. The molecule has 194 valence electrons. The van der Waals surface area contributed by atoms with Gasteiger partial charge in [-0.2, -0.15) is 5.10 Å². The van der Waals surface area contributed by atoms with Crippen molar-refractivity contribution in [3.63, 3.8) is 0 Å². The van der Waals surface area contributed by atoms with Crippen LogP contribution in [0.25, 0.3) is 55.6 Å². The van der Waals surface area contributed by atoms with Crippen molar-refractivity contribution in [2.75, 3.05) is 5.32 Å². The highest BCUT2D eigenvalue weighted by Gasteiger charge is 2.16. The Balaban J connectivity index is 1.38. The van der Waals surface area contributed by atoms with Gasteiger partial charge in [-0.1, -0.05) is 31.5 Å². The van der Waals surface area contributed by atoms with Crippen molar-refractivity contribution in [1.29, 1.82) is 0 Å². The lowest BCUT2D eigenvalue weighted by atomic mass is 9.99. The molecule has 0 spiro atoms. The Morgan fingerprint density at radius 2 is 1.87 bits per heavy atom.